The molecular weight excluding hydrogens is 308 g/mol. The van der Waals surface area contributed by atoms with E-state index in [-0.39, 0.29) is 11.7 Å². The second-order valence-corrected chi connectivity index (χ2v) is 5.92. The maximum atomic E-state index is 12.4. The number of halogens is 1. The summed E-state index contributed by atoms with van der Waals surface area (Å²) < 4.78 is 11.7. The Balaban J connectivity index is 2.67. The molecule has 0 saturated carbocycles. The molecule has 0 aliphatic heterocycles. The normalized spacial score (nSPS) is 11.5. The topological polar surface area (TPSA) is 80.9 Å². The van der Waals surface area contributed by atoms with Crippen LogP contribution in [0.5, 0.6) is 5.75 Å². The quantitative estimate of drug-likeness (QED) is 0.663. The minimum absolute atomic E-state index is 0.00475. The summed E-state index contributed by atoms with van der Waals surface area (Å²) in [6, 6.07) is 6.47. The van der Waals surface area contributed by atoms with Gasteiger partial charge in [0.2, 0.25) is 0 Å². The second-order valence-electron chi connectivity index (χ2n) is 5.71. The largest absolute Gasteiger partial charge is 0.506 e. The van der Waals surface area contributed by atoms with Crippen LogP contribution in [-0.2, 0) is 4.74 Å². The summed E-state index contributed by atoms with van der Waals surface area (Å²) in [4.78, 5) is 12.4. The van der Waals surface area contributed by atoms with E-state index in [0.717, 1.165) is 4.57 Å². The molecule has 8 heteroatoms. The average molecular weight is 326 g/mol. The van der Waals surface area contributed by atoms with Crippen LogP contribution in [0.25, 0.3) is 10.9 Å². The minimum Gasteiger partial charge on any atom is -0.476 e. The lowest BCUT2D eigenvalue weighted by molar-refractivity contribution is 0.0547. The van der Waals surface area contributed by atoms with Crippen LogP contribution in [0.3, 0.4) is 0 Å². The van der Waals surface area contributed by atoms with Gasteiger partial charge in [0.05, 0.1) is 5.59 Å². The minimum atomic E-state index is -1.83. The number of rotatable bonds is 3. The van der Waals surface area contributed by atoms with Crippen molar-refractivity contribution < 1.29 is 24.3 Å². The van der Waals surface area contributed by atoms with Crippen molar-refractivity contribution in [3.63, 3.8) is 0 Å². The first-order valence-electron chi connectivity index (χ1n) is 6.67. The lowest BCUT2D eigenvalue weighted by atomic mass is 9.86. The number of para-hydroxylation sites is 1. The second kappa shape index (κ2) is 6.20. The van der Waals surface area contributed by atoms with Gasteiger partial charge in [-0.3, -0.25) is 0 Å². The van der Waals surface area contributed by atoms with Crippen LogP contribution in [0.4, 0.5) is 4.79 Å². The van der Waals surface area contributed by atoms with Crippen LogP contribution in [0.1, 0.15) is 20.8 Å². The Hall–Kier alpha value is -1.70. The zero-order valence-electron chi connectivity index (χ0n) is 12.5. The monoisotopic (exact) mass is 325 g/mol. The Labute approximate surface area is 133 Å². The molecule has 0 saturated heterocycles. The Bertz CT molecular complexity index is 692. The smallest absolute Gasteiger partial charge is 0.476 e. The van der Waals surface area contributed by atoms with Crippen LogP contribution in [0.15, 0.2) is 24.3 Å². The molecule has 2 aromatic rings. The van der Waals surface area contributed by atoms with Gasteiger partial charge in [0, 0.05) is 5.39 Å². The average Bonchev–Trinajstić information content (AvgIpc) is 2.77. The van der Waals surface area contributed by atoms with Crippen molar-refractivity contribution in [3.05, 3.63) is 24.3 Å². The summed E-state index contributed by atoms with van der Waals surface area (Å²) in [5.74, 6) is 0.352. The van der Waals surface area contributed by atoms with Gasteiger partial charge in [0.1, 0.15) is 16.9 Å². The van der Waals surface area contributed by atoms with Gasteiger partial charge in [-0.25, -0.2) is 9.36 Å². The highest BCUT2D eigenvalue weighted by atomic mass is 35.5. The van der Waals surface area contributed by atoms with E-state index in [1.54, 1.807) is 39.0 Å². The highest BCUT2D eigenvalue weighted by molar-refractivity contribution is 6.59. The summed E-state index contributed by atoms with van der Waals surface area (Å²) >= 11 is 5.60. The van der Waals surface area contributed by atoms with Crippen LogP contribution in [0, 0.1) is 0 Å². The molecule has 0 aliphatic carbocycles. The van der Waals surface area contributed by atoms with E-state index in [4.69, 9.17) is 21.1 Å². The number of carbonyl (C=O) groups excluding carboxylic acids is 1. The number of carbonyl (C=O) groups is 1. The number of hydrogen-bond acceptors (Lipinski definition) is 5. The van der Waals surface area contributed by atoms with E-state index in [0.29, 0.717) is 16.7 Å². The Morgan fingerprint density at radius 2 is 2.05 bits per heavy atom. The zero-order valence-corrected chi connectivity index (χ0v) is 13.3. The van der Waals surface area contributed by atoms with Gasteiger partial charge >= 0.3 is 13.2 Å². The first-order valence-corrected chi connectivity index (χ1v) is 7.20. The molecule has 0 fully saturated rings. The van der Waals surface area contributed by atoms with Crippen LogP contribution >= 0.6 is 11.6 Å². The fourth-order valence-electron chi connectivity index (χ4n) is 2.12. The first-order chi connectivity index (χ1) is 10.2. The van der Waals surface area contributed by atoms with E-state index < -0.39 is 18.8 Å². The molecule has 22 heavy (non-hydrogen) atoms. The SMILES string of the molecule is CC(C)(C)OC(=O)n1c(B(O)O)cc2cccc(OCCl)c21. The maximum absolute atomic E-state index is 12.4. The Kier molecular flexibility index (Phi) is 4.70. The number of fused-ring (bicyclic) bond motifs is 1. The van der Waals surface area contributed by atoms with E-state index in [1.165, 1.54) is 6.07 Å². The van der Waals surface area contributed by atoms with E-state index in [1.807, 2.05) is 0 Å². The number of hydrogen-bond donors (Lipinski definition) is 2. The van der Waals surface area contributed by atoms with Gasteiger partial charge in [-0.1, -0.05) is 23.7 Å². The molecule has 0 aliphatic rings. The van der Waals surface area contributed by atoms with Gasteiger partial charge in [0.15, 0.2) is 6.07 Å². The van der Waals surface area contributed by atoms with Gasteiger partial charge < -0.3 is 19.5 Å². The van der Waals surface area contributed by atoms with Gasteiger partial charge in [-0.05, 0) is 32.9 Å². The lowest BCUT2D eigenvalue weighted by Gasteiger charge is -2.21. The predicted molar refractivity (Wildman–Crippen MR) is 84.7 cm³/mol. The highest BCUT2D eigenvalue weighted by Crippen LogP contribution is 2.27. The Morgan fingerprint density at radius 1 is 1.36 bits per heavy atom. The van der Waals surface area contributed by atoms with Crippen LogP contribution < -0.4 is 10.3 Å². The third-order valence-corrected chi connectivity index (χ3v) is 2.98. The molecule has 0 atom stereocenters. The molecular formula is C14H17BClNO5. The summed E-state index contributed by atoms with van der Waals surface area (Å²) in [5, 5.41) is 19.7. The molecule has 2 rings (SSSR count). The molecule has 1 aromatic carbocycles. The van der Waals surface area contributed by atoms with Crippen molar-refractivity contribution in [3.8, 4) is 5.75 Å². The van der Waals surface area contributed by atoms with Gasteiger partial charge in [-0.15, -0.1) is 0 Å². The number of alkyl halides is 1. The fourth-order valence-corrected chi connectivity index (χ4v) is 2.24. The summed E-state index contributed by atoms with van der Waals surface area (Å²) in [6.45, 7) is 5.17. The summed E-state index contributed by atoms with van der Waals surface area (Å²) in [7, 11) is -1.83. The molecule has 0 amide bonds. The number of ether oxygens (including phenoxy) is 2. The van der Waals surface area contributed by atoms with Crippen molar-refractivity contribution in [2.24, 2.45) is 0 Å². The summed E-state index contributed by atoms with van der Waals surface area (Å²) in [5.41, 5.74) is -0.358. The van der Waals surface area contributed by atoms with Crippen molar-refractivity contribution in [2.75, 3.05) is 6.07 Å². The molecule has 6 nitrogen and oxygen atoms in total. The maximum Gasteiger partial charge on any atom is 0.506 e. The number of nitrogens with zero attached hydrogens (tertiary/aromatic N) is 1. The van der Waals surface area contributed by atoms with E-state index in [2.05, 4.69) is 0 Å². The molecule has 0 radical (unpaired) electrons. The molecule has 118 valence electrons. The number of benzene rings is 1. The summed E-state index contributed by atoms with van der Waals surface area (Å²) in [6.07, 6.45) is -0.726. The zero-order chi connectivity index (χ0) is 16.5. The third-order valence-electron chi connectivity index (χ3n) is 2.87. The van der Waals surface area contributed by atoms with Crippen molar-refractivity contribution in [1.29, 1.82) is 0 Å². The standard InChI is InChI=1S/C14H17BClNO5/c1-14(2,3)22-13(18)17-11(15(19)20)7-9-5-4-6-10(12(9)17)21-8-16/h4-7,19-20H,8H2,1-3H3. The molecule has 0 spiro atoms. The van der Waals surface area contributed by atoms with E-state index >= 15 is 0 Å². The van der Waals surface area contributed by atoms with Crippen LogP contribution in [0.2, 0.25) is 0 Å². The van der Waals surface area contributed by atoms with Gasteiger partial charge in [0.25, 0.3) is 0 Å². The van der Waals surface area contributed by atoms with Crippen molar-refractivity contribution in [2.45, 2.75) is 26.4 Å². The number of aromatic nitrogens is 1. The molecule has 0 bridgehead atoms. The van der Waals surface area contributed by atoms with Crippen molar-refractivity contribution >= 4 is 41.3 Å². The molecule has 0 unspecified atom stereocenters. The first kappa shape index (κ1) is 16.7. The molecule has 1 aromatic heterocycles. The lowest BCUT2D eigenvalue weighted by Crippen LogP contribution is -2.41. The van der Waals surface area contributed by atoms with Crippen molar-refractivity contribution in [1.82, 2.24) is 4.57 Å². The molecule has 1 heterocycles. The van der Waals surface area contributed by atoms with Crippen LogP contribution in [-0.4, -0.2) is 39.5 Å². The predicted octanol–water partition coefficient (Wildman–Crippen LogP) is 1.68. The highest BCUT2D eigenvalue weighted by Gasteiger charge is 2.28. The molecule has 2 N–H and O–H groups in total. The van der Waals surface area contributed by atoms with Gasteiger partial charge in [-0.2, -0.15) is 0 Å². The fraction of sp³-hybridized carbons (Fsp3) is 0.357. The van der Waals surface area contributed by atoms with E-state index in [9.17, 15) is 14.8 Å². The Morgan fingerprint density at radius 3 is 2.59 bits per heavy atom. The third kappa shape index (κ3) is 3.37.